The normalized spacial score (nSPS) is 19.4. The summed E-state index contributed by atoms with van der Waals surface area (Å²) in [6.45, 7) is 0.629. The van der Waals surface area contributed by atoms with Crippen molar-refractivity contribution in [2.75, 3.05) is 20.2 Å². The minimum absolute atomic E-state index is 0. The molecule has 2 heterocycles. The summed E-state index contributed by atoms with van der Waals surface area (Å²) in [5.41, 5.74) is 0.655. The molecule has 1 fully saturated rings. The van der Waals surface area contributed by atoms with Crippen molar-refractivity contribution >= 4 is 35.0 Å². The highest BCUT2D eigenvalue weighted by Gasteiger charge is 2.36. The molecule has 0 saturated carbocycles. The maximum absolute atomic E-state index is 12.8. The molecular weight excluding hydrogens is 417 g/mol. The monoisotopic (exact) mass is 437 g/mol. The van der Waals surface area contributed by atoms with Crippen molar-refractivity contribution in [2.45, 2.75) is 18.4 Å². The zero-order valence-corrected chi connectivity index (χ0v) is 17.2. The van der Waals surface area contributed by atoms with Gasteiger partial charge in [0.05, 0.1) is 11.6 Å². The first kappa shape index (κ1) is 21.5. The van der Waals surface area contributed by atoms with Crippen molar-refractivity contribution in [3.05, 3.63) is 57.2 Å². The molecule has 0 radical (unpaired) electrons. The molecule has 0 bridgehead atoms. The first-order valence-corrected chi connectivity index (χ1v) is 9.38. The van der Waals surface area contributed by atoms with Crippen molar-refractivity contribution < 1.29 is 19.7 Å². The number of hydrogen-bond acceptors (Lipinski definition) is 6. The first-order chi connectivity index (χ1) is 13.4. The van der Waals surface area contributed by atoms with Crippen LogP contribution in [0.2, 0.25) is 5.02 Å². The van der Waals surface area contributed by atoms with Gasteiger partial charge < -0.3 is 24.6 Å². The topological polar surface area (TPSA) is 94.1 Å². The van der Waals surface area contributed by atoms with Gasteiger partial charge in [0, 0.05) is 35.2 Å². The summed E-state index contributed by atoms with van der Waals surface area (Å²) >= 11 is 6.26. The Labute approximate surface area is 178 Å². The SMILES string of the molecule is CN1CC[C@H](c2c(O)cc(O)c3c(=O)cc(-c4ccccc4Cl)oc23)[C@H]1CO.Cl. The number of aromatic hydroxyl groups is 2. The van der Waals surface area contributed by atoms with Crippen LogP contribution in [-0.2, 0) is 0 Å². The predicted molar refractivity (Wildman–Crippen MR) is 114 cm³/mol. The van der Waals surface area contributed by atoms with Gasteiger partial charge in [-0.1, -0.05) is 23.7 Å². The van der Waals surface area contributed by atoms with E-state index in [9.17, 15) is 20.1 Å². The molecule has 0 spiro atoms. The van der Waals surface area contributed by atoms with E-state index in [0.717, 1.165) is 12.6 Å². The maximum atomic E-state index is 12.8. The van der Waals surface area contributed by atoms with Gasteiger partial charge in [-0.25, -0.2) is 0 Å². The van der Waals surface area contributed by atoms with Crippen LogP contribution in [-0.4, -0.2) is 46.5 Å². The summed E-state index contributed by atoms with van der Waals surface area (Å²) in [6, 6.07) is 9.19. The molecular formula is C21H21Cl2NO5. The van der Waals surface area contributed by atoms with Crippen LogP contribution >= 0.6 is 24.0 Å². The Hall–Kier alpha value is -2.25. The number of aliphatic hydroxyl groups excluding tert-OH is 1. The number of rotatable bonds is 3. The molecule has 0 amide bonds. The van der Waals surface area contributed by atoms with Gasteiger partial charge in [0.1, 0.15) is 28.2 Å². The van der Waals surface area contributed by atoms with E-state index >= 15 is 0 Å². The van der Waals surface area contributed by atoms with E-state index in [-0.39, 0.29) is 59.2 Å². The Morgan fingerprint density at radius 1 is 1.21 bits per heavy atom. The molecule has 3 N–H and O–H groups in total. The molecule has 1 aliphatic heterocycles. The van der Waals surface area contributed by atoms with Crippen LogP contribution in [0.5, 0.6) is 11.5 Å². The lowest BCUT2D eigenvalue weighted by molar-refractivity contribution is 0.172. The average molecular weight is 438 g/mol. The van der Waals surface area contributed by atoms with Gasteiger partial charge in [0.15, 0.2) is 5.43 Å². The van der Waals surface area contributed by atoms with E-state index < -0.39 is 5.43 Å². The second-order valence-electron chi connectivity index (χ2n) is 7.11. The van der Waals surface area contributed by atoms with Crippen LogP contribution in [0, 0.1) is 0 Å². The fourth-order valence-electron chi connectivity index (χ4n) is 4.09. The van der Waals surface area contributed by atoms with E-state index in [2.05, 4.69) is 0 Å². The van der Waals surface area contributed by atoms with E-state index in [0.29, 0.717) is 22.6 Å². The van der Waals surface area contributed by atoms with Crippen LogP contribution in [0.15, 0.2) is 45.6 Å². The second kappa shape index (κ2) is 8.24. The number of hydrogen-bond donors (Lipinski definition) is 3. The number of fused-ring (bicyclic) bond motifs is 1. The van der Waals surface area contributed by atoms with Crippen LogP contribution < -0.4 is 5.43 Å². The molecule has 154 valence electrons. The predicted octanol–water partition coefficient (Wildman–Crippen LogP) is 3.73. The molecule has 0 aliphatic carbocycles. The van der Waals surface area contributed by atoms with Gasteiger partial charge >= 0.3 is 0 Å². The van der Waals surface area contributed by atoms with Crippen LogP contribution in [0.4, 0.5) is 0 Å². The zero-order valence-electron chi connectivity index (χ0n) is 15.6. The third kappa shape index (κ3) is 3.57. The molecule has 1 aromatic heterocycles. The summed E-state index contributed by atoms with van der Waals surface area (Å²) < 4.78 is 6.04. The van der Waals surface area contributed by atoms with Gasteiger partial charge in [0.2, 0.25) is 0 Å². The molecule has 2 atom stereocenters. The van der Waals surface area contributed by atoms with Gasteiger partial charge in [-0.3, -0.25) is 4.79 Å². The van der Waals surface area contributed by atoms with E-state index in [1.165, 1.54) is 6.07 Å². The number of phenolic OH excluding ortho intramolecular Hbond substituents is 2. The van der Waals surface area contributed by atoms with E-state index in [4.69, 9.17) is 16.0 Å². The zero-order chi connectivity index (χ0) is 20.0. The van der Waals surface area contributed by atoms with E-state index in [1.54, 1.807) is 24.3 Å². The number of halogens is 2. The maximum Gasteiger partial charge on any atom is 0.197 e. The van der Waals surface area contributed by atoms with Crippen LogP contribution in [0.25, 0.3) is 22.3 Å². The molecule has 1 saturated heterocycles. The smallest absolute Gasteiger partial charge is 0.197 e. The van der Waals surface area contributed by atoms with Crippen molar-refractivity contribution in [3.63, 3.8) is 0 Å². The van der Waals surface area contributed by atoms with Crippen LogP contribution in [0.3, 0.4) is 0 Å². The molecule has 0 unspecified atom stereocenters. The number of nitrogens with zero attached hydrogens (tertiary/aromatic N) is 1. The largest absolute Gasteiger partial charge is 0.507 e. The summed E-state index contributed by atoms with van der Waals surface area (Å²) in [4.78, 5) is 14.8. The minimum Gasteiger partial charge on any atom is -0.507 e. The van der Waals surface area contributed by atoms with Crippen molar-refractivity contribution in [3.8, 4) is 22.8 Å². The fourth-order valence-corrected chi connectivity index (χ4v) is 4.31. The van der Waals surface area contributed by atoms with Crippen molar-refractivity contribution in [1.82, 2.24) is 4.90 Å². The lowest BCUT2D eigenvalue weighted by atomic mass is 9.89. The van der Waals surface area contributed by atoms with Crippen molar-refractivity contribution in [1.29, 1.82) is 0 Å². The summed E-state index contributed by atoms with van der Waals surface area (Å²) in [5, 5.41) is 31.2. The average Bonchev–Trinajstić information content (AvgIpc) is 3.01. The molecule has 8 heteroatoms. The van der Waals surface area contributed by atoms with Gasteiger partial charge in [-0.15, -0.1) is 12.4 Å². The molecule has 2 aromatic carbocycles. The minimum atomic E-state index is -0.429. The molecule has 4 rings (SSSR count). The Bertz CT molecular complexity index is 1110. The number of benzene rings is 2. The Kier molecular flexibility index (Phi) is 6.10. The van der Waals surface area contributed by atoms with E-state index in [1.807, 2.05) is 11.9 Å². The third-order valence-corrected chi connectivity index (χ3v) is 5.85. The summed E-state index contributed by atoms with van der Waals surface area (Å²) in [6.07, 6.45) is 0.676. The Morgan fingerprint density at radius 3 is 2.62 bits per heavy atom. The van der Waals surface area contributed by atoms with Crippen molar-refractivity contribution in [2.24, 2.45) is 0 Å². The molecule has 3 aromatic rings. The Morgan fingerprint density at radius 2 is 1.93 bits per heavy atom. The quantitative estimate of drug-likeness (QED) is 0.577. The first-order valence-electron chi connectivity index (χ1n) is 9.01. The van der Waals surface area contributed by atoms with Gasteiger partial charge in [-0.05, 0) is 32.1 Å². The number of likely N-dealkylation sites (N-methyl/N-ethyl adjacent to an activating group) is 1. The highest BCUT2D eigenvalue weighted by Crippen LogP contribution is 2.44. The molecule has 6 nitrogen and oxygen atoms in total. The molecule has 29 heavy (non-hydrogen) atoms. The standard InChI is InChI=1S/C21H20ClNO5.ClH/c1-23-7-6-12(14(23)10-24)19-15(25)8-16(26)20-17(27)9-18(28-21(19)20)11-4-2-3-5-13(11)22;/h2-5,8-9,12,14,24-26H,6-7,10H2,1H3;1H/t12-,14+;/m0./s1. The number of aliphatic hydroxyl groups is 1. The lowest BCUT2D eigenvalue weighted by Gasteiger charge is -2.24. The van der Waals surface area contributed by atoms with Gasteiger partial charge in [0.25, 0.3) is 0 Å². The summed E-state index contributed by atoms with van der Waals surface area (Å²) in [5.74, 6) is -0.505. The number of phenols is 2. The third-order valence-electron chi connectivity index (χ3n) is 5.52. The van der Waals surface area contributed by atoms with Crippen LogP contribution in [0.1, 0.15) is 17.9 Å². The number of likely N-dealkylation sites (tertiary alicyclic amines) is 1. The lowest BCUT2D eigenvalue weighted by Crippen LogP contribution is -2.32. The summed E-state index contributed by atoms with van der Waals surface area (Å²) in [7, 11) is 1.89. The second-order valence-corrected chi connectivity index (χ2v) is 7.52. The Balaban J connectivity index is 0.00000240. The molecule has 1 aliphatic rings. The fraction of sp³-hybridized carbons (Fsp3) is 0.286. The van der Waals surface area contributed by atoms with Gasteiger partial charge in [-0.2, -0.15) is 0 Å². The highest BCUT2D eigenvalue weighted by molar-refractivity contribution is 6.33. The highest BCUT2D eigenvalue weighted by atomic mass is 35.5.